The summed E-state index contributed by atoms with van der Waals surface area (Å²) in [5.41, 5.74) is 2.60. The molecular formula is C19H19N5O2S2. The number of thiophene rings is 1. The van der Waals surface area contributed by atoms with Crippen molar-refractivity contribution in [2.45, 2.75) is 32.0 Å². The Bertz CT molecular complexity index is 1220. The van der Waals surface area contributed by atoms with Crippen molar-refractivity contribution in [2.75, 3.05) is 11.1 Å². The lowest BCUT2D eigenvalue weighted by molar-refractivity contribution is -0.113. The lowest BCUT2D eigenvalue weighted by Crippen LogP contribution is -2.22. The minimum atomic E-state index is -0.115. The third kappa shape index (κ3) is 3.43. The third-order valence-corrected chi connectivity index (χ3v) is 6.08. The molecule has 4 aromatic rings. The first-order chi connectivity index (χ1) is 13.6. The molecule has 1 amide bonds. The molecule has 0 aliphatic heterocycles. The number of rotatable bonds is 6. The largest absolute Gasteiger partial charge is 0.325 e. The van der Waals surface area contributed by atoms with Crippen molar-refractivity contribution in [1.29, 1.82) is 0 Å². The summed E-state index contributed by atoms with van der Waals surface area (Å²) in [7, 11) is 0. The van der Waals surface area contributed by atoms with E-state index in [1.807, 2.05) is 54.0 Å². The molecule has 3 aromatic heterocycles. The smallest absolute Gasteiger partial charge is 0.272 e. The van der Waals surface area contributed by atoms with Gasteiger partial charge < -0.3 is 5.32 Å². The summed E-state index contributed by atoms with van der Waals surface area (Å²) in [6, 6.07) is 9.57. The van der Waals surface area contributed by atoms with E-state index < -0.39 is 0 Å². The molecule has 9 heteroatoms. The highest BCUT2D eigenvalue weighted by Crippen LogP contribution is 2.24. The number of hydrogen-bond acceptors (Lipinski definition) is 6. The first-order valence-electron chi connectivity index (χ1n) is 8.93. The van der Waals surface area contributed by atoms with E-state index in [0.717, 1.165) is 23.2 Å². The van der Waals surface area contributed by atoms with Gasteiger partial charge in [-0.15, -0.1) is 21.5 Å². The van der Waals surface area contributed by atoms with Crippen molar-refractivity contribution in [3.63, 3.8) is 0 Å². The Morgan fingerprint density at radius 2 is 2.14 bits per heavy atom. The van der Waals surface area contributed by atoms with Gasteiger partial charge in [0.05, 0.1) is 11.3 Å². The first-order valence-corrected chi connectivity index (χ1v) is 10.8. The number of nitrogens with zero attached hydrogens (tertiary/aromatic N) is 4. The molecule has 1 aromatic carbocycles. The number of aryl methyl sites for hydroxylation is 2. The Morgan fingerprint density at radius 1 is 1.29 bits per heavy atom. The van der Waals surface area contributed by atoms with Crippen molar-refractivity contribution < 1.29 is 4.79 Å². The van der Waals surface area contributed by atoms with Crippen molar-refractivity contribution in [3.8, 4) is 0 Å². The minimum Gasteiger partial charge on any atom is -0.325 e. The molecular weight excluding hydrogens is 394 g/mol. The monoisotopic (exact) mass is 413 g/mol. The lowest BCUT2D eigenvalue weighted by Gasteiger charge is -2.08. The highest BCUT2D eigenvalue weighted by Gasteiger charge is 2.18. The van der Waals surface area contributed by atoms with E-state index in [1.54, 1.807) is 4.57 Å². The Labute approximate surface area is 169 Å². The summed E-state index contributed by atoms with van der Waals surface area (Å²) >= 11 is 2.72. The minimum absolute atomic E-state index is 0.0412. The van der Waals surface area contributed by atoms with E-state index >= 15 is 0 Å². The van der Waals surface area contributed by atoms with Crippen LogP contribution in [0.25, 0.3) is 16.0 Å². The summed E-state index contributed by atoms with van der Waals surface area (Å²) in [6.45, 7) is 4.57. The van der Waals surface area contributed by atoms with E-state index in [2.05, 4.69) is 15.5 Å². The highest BCUT2D eigenvalue weighted by molar-refractivity contribution is 7.99. The number of anilines is 1. The van der Waals surface area contributed by atoms with Crippen LogP contribution in [0, 0.1) is 6.92 Å². The Hall–Kier alpha value is -2.65. The molecule has 0 aliphatic carbocycles. The van der Waals surface area contributed by atoms with Gasteiger partial charge in [-0.1, -0.05) is 30.8 Å². The summed E-state index contributed by atoms with van der Waals surface area (Å²) < 4.78 is 4.20. The molecule has 4 rings (SSSR count). The second-order valence-corrected chi connectivity index (χ2v) is 8.27. The lowest BCUT2D eigenvalue weighted by atomic mass is 10.2. The van der Waals surface area contributed by atoms with E-state index in [0.29, 0.717) is 22.2 Å². The quantitative estimate of drug-likeness (QED) is 0.489. The van der Waals surface area contributed by atoms with Crippen molar-refractivity contribution in [3.05, 3.63) is 51.6 Å². The molecule has 0 saturated heterocycles. The highest BCUT2D eigenvalue weighted by atomic mass is 32.2. The van der Waals surface area contributed by atoms with Gasteiger partial charge in [0.2, 0.25) is 11.7 Å². The van der Waals surface area contributed by atoms with Crippen LogP contribution < -0.4 is 10.9 Å². The number of carbonyl (C=O) groups is 1. The average molecular weight is 414 g/mol. The summed E-state index contributed by atoms with van der Waals surface area (Å²) in [4.78, 5) is 25.1. The number of carbonyl (C=O) groups excluding carboxylic acids is 1. The van der Waals surface area contributed by atoms with Crippen LogP contribution in [0.15, 0.2) is 45.7 Å². The molecule has 0 fully saturated rings. The zero-order valence-corrected chi connectivity index (χ0v) is 17.1. The van der Waals surface area contributed by atoms with Gasteiger partial charge in [-0.3, -0.25) is 18.6 Å². The molecule has 7 nitrogen and oxygen atoms in total. The molecule has 3 heterocycles. The number of aromatic nitrogens is 4. The van der Waals surface area contributed by atoms with Gasteiger partial charge in [-0.25, -0.2) is 0 Å². The third-order valence-electron chi connectivity index (χ3n) is 4.26. The number of thioether (sulfide) groups is 1. The van der Waals surface area contributed by atoms with Crippen LogP contribution in [0.5, 0.6) is 0 Å². The predicted octanol–water partition coefficient (Wildman–Crippen LogP) is 3.55. The maximum Gasteiger partial charge on any atom is 0.272 e. The summed E-state index contributed by atoms with van der Waals surface area (Å²) in [6.07, 6.45) is 0.820. The molecule has 0 saturated carbocycles. The van der Waals surface area contributed by atoms with Gasteiger partial charge >= 0.3 is 0 Å². The Kier molecular flexibility index (Phi) is 5.19. The van der Waals surface area contributed by atoms with E-state index in [-0.39, 0.29) is 17.2 Å². The fourth-order valence-corrected chi connectivity index (χ4v) is 4.63. The zero-order valence-electron chi connectivity index (χ0n) is 15.5. The number of amides is 1. The van der Waals surface area contributed by atoms with Crippen LogP contribution in [0.1, 0.15) is 18.9 Å². The molecule has 0 spiro atoms. The van der Waals surface area contributed by atoms with E-state index in [9.17, 15) is 9.59 Å². The number of hydrogen-bond donors (Lipinski definition) is 1. The normalized spacial score (nSPS) is 11.4. The second-order valence-electron chi connectivity index (χ2n) is 6.42. The van der Waals surface area contributed by atoms with Gasteiger partial charge in [0.25, 0.3) is 5.56 Å². The fraction of sp³-hybridized carbons (Fsp3) is 0.263. The summed E-state index contributed by atoms with van der Waals surface area (Å²) in [5, 5.41) is 13.9. The van der Waals surface area contributed by atoms with E-state index in [1.165, 1.54) is 23.1 Å². The summed E-state index contributed by atoms with van der Waals surface area (Å²) in [5.74, 6) is 0.600. The van der Waals surface area contributed by atoms with Crippen molar-refractivity contribution >= 4 is 50.7 Å². The fourth-order valence-electron chi connectivity index (χ4n) is 3.07. The molecule has 1 N–H and O–H groups in total. The van der Waals surface area contributed by atoms with Crippen LogP contribution in [-0.2, 0) is 11.3 Å². The zero-order chi connectivity index (χ0) is 19.7. The second kappa shape index (κ2) is 7.76. The van der Waals surface area contributed by atoms with Crippen LogP contribution in [0.2, 0.25) is 0 Å². The van der Waals surface area contributed by atoms with Gasteiger partial charge in [0, 0.05) is 12.2 Å². The van der Waals surface area contributed by atoms with Gasteiger partial charge in [-0.2, -0.15) is 0 Å². The molecule has 0 radical (unpaired) electrons. The maximum atomic E-state index is 12.7. The molecule has 0 atom stereocenters. The Balaban J connectivity index is 1.63. The predicted molar refractivity (Wildman–Crippen MR) is 113 cm³/mol. The molecule has 28 heavy (non-hydrogen) atoms. The standard InChI is InChI=1S/C19H19N5O2S2/c1-3-8-23-17(26)16-14(7-9-27-16)24-18(23)21-22-19(24)28-11-15(25)20-13-6-4-5-12(2)10-13/h4-7,9-10H,3,8,11H2,1-2H3,(H,20,25). The van der Waals surface area contributed by atoms with Crippen LogP contribution >= 0.6 is 23.1 Å². The molecule has 0 unspecified atom stereocenters. The number of nitrogens with one attached hydrogen (secondary N) is 1. The number of benzene rings is 1. The van der Waals surface area contributed by atoms with Crippen molar-refractivity contribution in [1.82, 2.24) is 19.2 Å². The van der Waals surface area contributed by atoms with Gasteiger partial charge in [0.15, 0.2) is 5.16 Å². The van der Waals surface area contributed by atoms with E-state index in [4.69, 9.17) is 0 Å². The molecule has 144 valence electrons. The van der Waals surface area contributed by atoms with Crippen molar-refractivity contribution in [2.24, 2.45) is 0 Å². The number of fused-ring (bicyclic) bond motifs is 3. The topological polar surface area (TPSA) is 81.3 Å². The Morgan fingerprint density at radius 3 is 2.93 bits per heavy atom. The molecule has 0 bridgehead atoms. The maximum absolute atomic E-state index is 12.7. The van der Waals surface area contributed by atoms with Crippen LogP contribution in [0.4, 0.5) is 5.69 Å². The average Bonchev–Trinajstić information content (AvgIpc) is 3.30. The van der Waals surface area contributed by atoms with Gasteiger partial charge in [0.1, 0.15) is 4.70 Å². The first kappa shape index (κ1) is 18.7. The van der Waals surface area contributed by atoms with Crippen LogP contribution in [0.3, 0.4) is 0 Å². The van der Waals surface area contributed by atoms with Crippen LogP contribution in [-0.4, -0.2) is 30.8 Å². The SMILES string of the molecule is CCCn1c(=O)c2sccc2n2c(SCC(=O)Nc3cccc(C)c3)nnc12. The molecule has 0 aliphatic rings. The van der Waals surface area contributed by atoms with Gasteiger partial charge in [-0.05, 0) is 42.5 Å².